The van der Waals surface area contributed by atoms with Crippen molar-refractivity contribution in [2.24, 2.45) is 11.8 Å². The Morgan fingerprint density at radius 2 is 1.83 bits per heavy atom. The molecule has 1 aromatic rings. The summed E-state index contributed by atoms with van der Waals surface area (Å²) in [5.74, 6) is 0.828. The lowest BCUT2D eigenvalue weighted by Gasteiger charge is -2.43. The molecule has 41 heavy (non-hydrogen) atoms. The van der Waals surface area contributed by atoms with Crippen molar-refractivity contribution < 1.29 is 29.0 Å². The van der Waals surface area contributed by atoms with Crippen LogP contribution < -0.4 is 0 Å². The summed E-state index contributed by atoms with van der Waals surface area (Å²) in [5, 5.41) is 9.97. The van der Waals surface area contributed by atoms with Gasteiger partial charge in [-0.2, -0.15) is 0 Å². The number of hydrogen-bond donors (Lipinski definition) is 1. The topological polar surface area (TPSA) is 117 Å². The number of rotatable bonds is 11. The molecule has 3 fully saturated rings. The van der Waals surface area contributed by atoms with E-state index in [9.17, 15) is 19.5 Å². The van der Waals surface area contributed by atoms with Crippen LogP contribution >= 0.6 is 0 Å². The van der Waals surface area contributed by atoms with Gasteiger partial charge in [0.25, 0.3) is 5.91 Å². The number of morpholine rings is 1. The molecule has 2 aliphatic heterocycles. The number of aromatic nitrogens is 2. The number of carbonyl (C=O) groups is 3. The van der Waals surface area contributed by atoms with Crippen LogP contribution in [-0.4, -0.2) is 113 Å². The molecule has 4 rings (SSSR count). The molecule has 11 heteroatoms. The largest absolute Gasteiger partial charge is 0.465 e. The summed E-state index contributed by atoms with van der Waals surface area (Å²) < 4.78 is 12.8. The zero-order valence-electron chi connectivity index (χ0n) is 25.1. The first-order valence-electron chi connectivity index (χ1n) is 15.5. The highest BCUT2D eigenvalue weighted by atomic mass is 16.5. The number of ether oxygens (including phenoxy) is 2. The van der Waals surface area contributed by atoms with Gasteiger partial charge in [0.05, 0.1) is 31.4 Å². The Labute approximate surface area is 244 Å². The average Bonchev–Trinajstić information content (AvgIpc) is 3.41. The van der Waals surface area contributed by atoms with Crippen LogP contribution in [0.1, 0.15) is 87.4 Å². The van der Waals surface area contributed by atoms with Crippen LogP contribution in [0, 0.1) is 11.8 Å². The van der Waals surface area contributed by atoms with Crippen molar-refractivity contribution in [3.63, 3.8) is 0 Å². The van der Waals surface area contributed by atoms with Crippen molar-refractivity contribution in [1.29, 1.82) is 0 Å². The number of hydrogen-bond acceptors (Lipinski definition) is 6. The molecule has 1 saturated carbocycles. The van der Waals surface area contributed by atoms with E-state index in [0.29, 0.717) is 64.0 Å². The summed E-state index contributed by atoms with van der Waals surface area (Å²) in [6.07, 6.45) is 8.63. The van der Waals surface area contributed by atoms with Gasteiger partial charge in [-0.1, -0.05) is 33.1 Å². The molecule has 230 valence electrons. The lowest BCUT2D eigenvalue weighted by atomic mass is 9.88. The number of unbranched alkanes of at least 4 members (excludes halogenated alkanes) is 1. The van der Waals surface area contributed by atoms with Crippen molar-refractivity contribution in [3.05, 3.63) is 17.7 Å². The fourth-order valence-corrected chi connectivity index (χ4v) is 6.61. The Hall–Kier alpha value is -2.66. The fourth-order valence-electron chi connectivity index (χ4n) is 6.61. The molecule has 2 unspecified atom stereocenters. The van der Waals surface area contributed by atoms with Gasteiger partial charge in [0.2, 0.25) is 5.91 Å². The number of piperidine rings is 1. The number of amides is 3. The molecule has 3 aliphatic rings. The molecule has 1 aliphatic carbocycles. The van der Waals surface area contributed by atoms with Gasteiger partial charge >= 0.3 is 6.09 Å². The molecule has 2 saturated heterocycles. The maximum Gasteiger partial charge on any atom is 0.407 e. The Kier molecular flexibility index (Phi) is 11.4. The Morgan fingerprint density at radius 1 is 1.10 bits per heavy atom. The first-order valence-corrected chi connectivity index (χ1v) is 15.5. The van der Waals surface area contributed by atoms with Crippen LogP contribution in [0.3, 0.4) is 0 Å². The van der Waals surface area contributed by atoms with E-state index < -0.39 is 18.1 Å². The van der Waals surface area contributed by atoms with Crippen LogP contribution in [0.4, 0.5) is 4.79 Å². The third-order valence-electron chi connectivity index (χ3n) is 8.69. The molecule has 1 N–H and O–H groups in total. The fraction of sp³-hybridized carbons (Fsp3) is 0.800. The van der Waals surface area contributed by atoms with Crippen LogP contribution in [0.5, 0.6) is 0 Å². The number of likely N-dealkylation sites (tertiary alicyclic amines) is 1. The van der Waals surface area contributed by atoms with E-state index in [1.807, 2.05) is 4.90 Å². The zero-order valence-corrected chi connectivity index (χ0v) is 25.1. The molecular weight excluding hydrogens is 526 g/mol. The minimum Gasteiger partial charge on any atom is -0.465 e. The minimum absolute atomic E-state index is 0.0519. The van der Waals surface area contributed by atoms with Crippen molar-refractivity contribution >= 4 is 17.9 Å². The second-order valence-electron chi connectivity index (χ2n) is 12.3. The predicted molar refractivity (Wildman–Crippen MR) is 154 cm³/mol. The number of methoxy groups -OCH3 is 1. The highest BCUT2D eigenvalue weighted by Gasteiger charge is 2.40. The summed E-state index contributed by atoms with van der Waals surface area (Å²) in [6, 6.07) is -0.403. The van der Waals surface area contributed by atoms with Gasteiger partial charge in [0.15, 0.2) is 0 Å². The molecule has 1 aromatic heterocycles. The number of carbonyl (C=O) groups excluding carboxylic acids is 2. The van der Waals surface area contributed by atoms with Gasteiger partial charge in [0.1, 0.15) is 11.5 Å². The van der Waals surface area contributed by atoms with Crippen molar-refractivity contribution in [2.45, 2.75) is 83.7 Å². The minimum atomic E-state index is -1.06. The molecule has 3 heterocycles. The zero-order chi connectivity index (χ0) is 29.4. The van der Waals surface area contributed by atoms with Gasteiger partial charge in [-0.3, -0.25) is 9.59 Å². The Balaban J connectivity index is 1.62. The van der Waals surface area contributed by atoms with E-state index in [-0.39, 0.29) is 30.8 Å². The van der Waals surface area contributed by atoms with Gasteiger partial charge in [-0.05, 0) is 38.0 Å². The number of nitrogens with zero attached hydrogens (tertiary/aromatic N) is 5. The summed E-state index contributed by atoms with van der Waals surface area (Å²) in [6.45, 7) is 8.28. The van der Waals surface area contributed by atoms with Gasteiger partial charge < -0.3 is 33.8 Å². The van der Waals surface area contributed by atoms with E-state index in [1.54, 1.807) is 18.2 Å². The smallest absolute Gasteiger partial charge is 0.407 e. The van der Waals surface area contributed by atoms with E-state index in [1.165, 1.54) is 24.2 Å². The highest BCUT2D eigenvalue weighted by Crippen LogP contribution is 2.33. The Bertz CT molecular complexity index is 1020. The monoisotopic (exact) mass is 575 g/mol. The van der Waals surface area contributed by atoms with Crippen LogP contribution in [0.2, 0.25) is 0 Å². The van der Waals surface area contributed by atoms with Crippen molar-refractivity contribution in [1.82, 2.24) is 24.3 Å². The number of imidazole rings is 1. The van der Waals surface area contributed by atoms with Crippen LogP contribution in [0.25, 0.3) is 0 Å². The third kappa shape index (κ3) is 8.00. The lowest BCUT2D eigenvalue weighted by molar-refractivity contribution is -0.142. The van der Waals surface area contributed by atoms with E-state index in [0.717, 1.165) is 31.5 Å². The number of carboxylic acid groups (broad SMARTS) is 1. The normalized spacial score (nSPS) is 22.2. The first-order chi connectivity index (χ1) is 19.8. The highest BCUT2D eigenvalue weighted by molar-refractivity contribution is 5.93. The van der Waals surface area contributed by atoms with Crippen LogP contribution in [-0.2, 0) is 20.8 Å². The molecular formula is C30H49N5O6. The molecule has 2 atom stereocenters. The van der Waals surface area contributed by atoms with Crippen LogP contribution in [0.15, 0.2) is 6.20 Å². The summed E-state index contributed by atoms with van der Waals surface area (Å²) in [4.78, 5) is 49.8. The maximum absolute atomic E-state index is 14.4. The molecule has 0 spiro atoms. The Morgan fingerprint density at radius 3 is 2.49 bits per heavy atom. The average molecular weight is 576 g/mol. The molecule has 0 bridgehead atoms. The molecule has 0 aromatic carbocycles. The van der Waals surface area contributed by atoms with Crippen molar-refractivity contribution in [3.8, 4) is 0 Å². The molecule has 11 nitrogen and oxygen atoms in total. The van der Waals surface area contributed by atoms with E-state index in [2.05, 4.69) is 18.4 Å². The summed E-state index contributed by atoms with van der Waals surface area (Å²) >= 11 is 0. The summed E-state index contributed by atoms with van der Waals surface area (Å²) in [5.41, 5.74) is 0.562. The standard InChI is InChI=1S/C30H49N5O6/c1-22(2)19-35(25-17-24(20-33(21-25)30(38)39)28(36)32-12-15-41-16-13-32)29(37)26-18-31-27(23-9-5-4-6-10-23)34(26)11-7-8-14-40-3/h18,22-25H,4-17,19-21H2,1-3H3,(H,38,39). The van der Waals surface area contributed by atoms with Gasteiger partial charge in [-0.25, -0.2) is 9.78 Å². The van der Waals surface area contributed by atoms with Gasteiger partial charge in [0, 0.05) is 58.9 Å². The first kappa shape index (κ1) is 31.3. The second kappa shape index (κ2) is 15.0. The quantitative estimate of drug-likeness (QED) is 0.400. The lowest BCUT2D eigenvalue weighted by Crippen LogP contribution is -2.58. The predicted octanol–water partition coefficient (Wildman–Crippen LogP) is 3.68. The second-order valence-corrected chi connectivity index (χ2v) is 12.3. The maximum atomic E-state index is 14.4. The van der Waals surface area contributed by atoms with Gasteiger partial charge in [-0.15, -0.1) is 0 Å². The van der Waals surface area contributed by atoms with Crippen molar-refractivity contribution in [2.75, 3.05) is 59.7 Å². The molecule has 3 amide bonds. The SMILES string of the molecule is COCCCCn1c(C(=O)N(CC(C)C)C2CC(C(=O)N3CCOCC3)CN(C(=O)O)C2)cnc1C1CCCCC1. The van der Waals surface area contributed by atoms with E-state index >= 15 is 0 Å². The van der Waals surface area contributed by atoms with E-state index in [4.69, 9.17) is 14.5 Å². The third-order valence-corrected chi connectivity index (χ3v) is 8.69. The summed E-state index contributed by atoms with van der Waals surface area (Å²) in [7, 11) is 1.70. The molecule has 0 radical (unpaired) electrons.